The summed E-state index contributed by atoms with van der Waals surface area (Å²) in [6.45, 7) is 3.66. The van der Waals surface area contributed by atoms with Gasteiger partial charge in [-0.15, -0.1) is 0 Å². The second-order valence-corrected chi connectivity index (χ2v) is 7.79. The average molecular weight is 361 g/mol. The Balaban J connectivity index is 1.43. The number of hydrogen-bond acceptors (Lipinski definition) is 3. The number of nitrogens with zero attached hydrogens (tertiary/aromatic N) is 2. The van der Waals surface area contributed by atoms with E-state index >= 15 is 0 Å². The van der Waals surface area contributed by atoms with Crippen LogP contribution in [0.3, 0.4) is 0 Å². The lowest BCUT2D eigenvalue weighted by Gasteiger charge is -2.30. The molecule has 4 rings (SSSR count). The number of carbonyl (C=O) groups excluding carboxylic acids is 1. The Morgan fingerprint density at radius 2 is 1.78 bits per heavy atom. The summed E-state index contributed by atoms with van der Waals surface area (Å²) in [7, 11) is 0. The number of amides is 1. The van der Waals surface area contributed by atoms with E-state index in [1.807, 2.05) is 36.2 Å². The predicted octanol–water partition coefficient (Wildman–Crippen LogP) is 4.51. The summed E-state index contributed by atoms with van der Waals surface area (Å²) in [6, 6.07) is 18.4. The van der Waals surface area contributed by atoms with Gasteiger partial charge in [0.15, 0.2) is 0 Å². The van der Waals surface area contributed by atoms with E-state index in [1.54, 1.807) is 0 Å². The third kappa shape index (κ3) is 3.75. The van der Waals surface area contributed by atoms with Gasteiger partial charge in [0.2, 0.25) is 0 Å². The lowest BCUT2D eigenvalue weighted by molar-refractivity contribution is 0.0943. The lowest BCUT2D eigenvalue weighted by atomic mass is 9.79. The van der Waals surface area contributed by atoms with Crippen molar-refractivity contribution in [1.29, 1.82) is 0 Å². The van der Waals surface area contributed by atoms with Crippen molar-refractivity contribution in [1.82, 2.24) is 5.32 Å². The van der Waals surface area contributed by atoms with Gasteiger partial charge in [0.1, 0.15) is 0 Å². The van der Waals surface area contributed by atoms with E-state index in [4.69, 9.17) is 0 Å². The van der Waals surface area contributed by atoms with Crippen molar-refractivity contribution in [3.63, 3.8) is 0 Å². The SMILES string of the molecule is CC1=NN(c2ccc(C(=O)NCC3(c4ccccc4)CCCC3)cc2)CC1. The molecule has 4 nitrogen and oxygen atoms in total. The van der Waals surface area contributed by atoms with Crippen LogP contribution in [-0.2, 0) is 5.41 Å². The summed E-state index contributed by atoms with van der Waals surface area (Å²) in [6.07, 6.45) is 5.75. The van der Waals surface area contributed by atoms with Crippen molar-refractivity contribution in [2.75, 3.05) is 18.1 Å². The van der Waals surface area contributed by atoms with Gasteiger partial charge in [-0.25, -0.2) is 0 Å². The number of rotatable bonds is 5. The Kier molecular flexibility index (Phi) is 4.97. The largest absolute Gasteiger partial charge is 0.351 e. The van der Waals surface area contributed by atoms with Gasteiger partial charge in [-0.1, -0.05) is 43.2 Å². The first-order valence-corrected chi connectivity index (χ1v) is 9.92. The van der Waals surface area contributed by atoms with E-state index in [-0.39, 0.29) is 11.3 Å². The van der Waals surface area contributed by atoms with Crippen molar-refractivity contribution in [3.8, 4) is 0 Å². The zero-order valence-corrected chi connectivity index (χ0v) is 15.9. The van der Waals surface area contributed by atoms with Crippen LogP contribution in [0.5, 0.6) is 0 Å². The molecule has 0 saturated heterocycles. The highest BCUT2D eigenvalue weighted by Crippen LogP contribution is 2.40. The highest BCUT2D eigenvalue weighted by Gasteiger charge is 2.35. The van der Waals surface area contributed by atoms with Crippen LogP contribution in [0.4, 0.5) is 5.69 Å². The van der Waals surface area contributed by atoms with Crippen molar-refractivity contribution in [3.05, 3.63) is 65.7 Å². The topological polar surface area (TPSA) is 44.7 Å². The van der Waals surface area contributed by atoms with Gasteiger partial charge < -0.3 is 5.32 Å². The number of hydrogen-bond donors (Lipinski definition) is 1. The molecule has 1 fully saturated rings. The van der Waals surface area contributed by atoms with Gasteiger partial charge in [0.25, 0.3) is 5.91 Å². The minimum atomic E-state index is 0.00450. The first-order chi connectivity index (χ1) is 13.2. The molecule has 2 aromatic rings. The molecular formula is C23H27N3O. The Morgan fingerprint density at radius 3 is 2.41 bits per heavy atom. The monoisotopic (exact) mass is 361 g/mol. The molecule has 0 atom stereocenters. The molecule has 1 aliphatic heterocycles. The first-order valence-electron chi connectivity index (χ1n) is 9.92. The number of anilines is 1. The second kappa shape index (κ2) is 7.55. The quantitative estimate of drug-likeness (QED) is 0.851. The van der Waals surface area contributed by atoms with Crippen LogP contribution in [0.1, 0.15) is 54.9 Å². The summed E-state index contributed by atoms with van der Waals surface area (Å²) in [5.74, 6) is 0.00450. The van der Waals surface area contributed by atoms with Gasteiger partial charge in [-0.3, -0.25) is 9.80 Å². The highest BCUT2D eigenvalue weighted by molar-refractivity contribution is 5.94. The molecule has 0 bridgehead atoms. The standard InChI is InChI=1S/C23H27N3O/c1-18-13-16-26(25-18)21-11-9-19(10-12-21)22(27)24-17-23(14-5-6-15-23)20-7-3-2-4-8-20/h2-4,7-12H,5-6,13-17H2,1H3,(H,24,27). The minimum Gasteiger partial charge on any atom is -0.351 e. The van der Waals surface area contributed by atoms with Crippen LogP contribution in [0, 0.1) is 0 Å². The van der Waals surface area contributed by atoms with Crippen molar-refractivity contribution in [2.45, 2.75) is 44.4 Å². The zero-order valence-electron chi connectivity index (χ0n) is 15.9. The Morgan fingerprint density at radius 1 is 1.07 bits per heavy atom. The Hall–Kier alpha value is -2.62. The molecule has 1 heterocycles. The van der Waals surface area contributed by atoms with Gasteiger partial charge in [0, 0.05) is 36.2 Å². The number of nitrogens with one attached hydrogen (secondary N) is 1. The van der Waals surface area contributed by atoms with E-state index in [0.717, 1.165) is 37.2 Å². The average Bonchev–Trinajstić information content (AvgIpc) is 3.37. The fraction of sp³-hybridized carbons (Fsp3) is 0.391. The van der Waals surface area contributed by atoms with Crippen molar-refractivity contribution < 1.29 is 4.79 Å². The van der Waals surface area contributed by atoms with Crippen LogP contribution >= 0.6 is 0 Å². The first kappa shape index (κ1) is 17.8. The molecule has 1 saturated carbocycles. The number of carbonyl (C=O) groups is 1. The predicted molar refractivity (Wildman–Crippen MR) is 110 cm³/mol. The third-order valence-electron chi connectivity index (χ3n) is 5.94. The van der Waals surface area contributed by atoms with E-state index in [2.05, 4.69) is 40.8 Å². The van der Waals surface area contributed by atoms with Crippen LogP contribution in [-0.4, -0.2) is 24.7 Å². The number of benzene rings is 2. The smallest absolute Gasteiger partial charge is 0.251 e. The summed E-state index contributed by atoms with van der Waals surface area (Å²) in [5, 5.41) is 9.71. The van der Waals surface area contributed by atoms with Crippen LogP contribution in [0.15, 0.2) is 59.7 Å². The zero-order chi connectivity index (χ0) is 18.7. The van der Waals surface area contributed by atoms with E-state index in [9.17, 15) is 4.79 Å². The van der Waals surface area contributed by atoms with Crippen LogP contribution < -0.4 is 10.3 Å². The number of hydrazone groups is 1. The molecule has 0 aromatic heterocycles. The van der Waals surface area contributed by atoms with Crippen LogP contribution in [0.2, 0.25) is 0 Å². The maximum absolute atomic E-state index is 12.7. The molecule has 27 heavy (non-hydrogen) atoms. The normalized spacial score (nSPS) is 18.4. The minimum absolute atomic E-state index is 0.00450. The molecule has 2 aromatic carbocycles. The second-order valence-electron chi connectivity index (χ2n) is 7.79. The van der Waals surface area contributed by atoms with Gasteiger partial charge >= 0.3 is 0 Å². The molecule has 0 unspecified atom stereocenters. The van der Waals surface area contributed by atoms with Gasteiger partial charge in [0.05, 0.1) is 5.69 Å². The van der Waals surface area contributed by atoms with E-state index in [0.29, 0.717) is 12.1 Å². The van der Waals surface area contributed by atoms with Crippen molar-refractivity contribution >= 4 is 17.3 Å². The molecule has 1 aliphatic carbocycles. The Bertz CT molecular complexity index is 820. The highest BCUT2D eigenvalue weighted by atomic mass is 16.1. The van der Waals surface area contributed by atoms with Gasteiger partial charge in [-0.2, -0.15) is 5.10 Å². The van der Waals surface area contributed by atoms with E-state index < -0.39 is 0 Å². The molecule has 0 spiro atoms. The van der Waals surface area contributed by atoms with E-state index in [1.165, 1.54) is 18.4 Å². The fourth-order valence-corrected chi connectivity index (χ4v) is 4.31. The molecule has 140 valence electrons. The molecule has 0 radical (unpaired) electrons. The summed E-state index contributed by atoms with van der Waals surface area (Å²) in [5.41, 5.74) is 4.33. The lowest BCUT2D eigenvalue weighted by Crippen LogP contribution is -2.39. The summed E-state index contributed by atoms with van der Waals surface area (Å²) in [4.78, 5) is 12.7. The maximum atomic E-state index is 12.7. The maximum Gasteiger partial charge on any atom is 0.251 e. The summed E-state index contributed by atoms with van der Waals surface area (Å²) < 4.78 is 0. The molecule has 4 heteroatoms. The van der Waals surface area contributed by atoms with Crippen molar-refractivity contribution in [2.24, 2.45) is 5.10 Å². The molecule has 2 aliphatic rings. The van der Waals surface area contributed by atoms with Crippen LogP contribution in [0.25, 0.3) is 0 Å². The Labute approximate surface area is 161 Å². The third-order valence-corrected chi connectivity index (χ3v) is 5.94. The molecule has 1 N–H and O–H groups in total. The fourth-order valence-electron chi connectivity index (χ4n) is 4.31. The molecule has 1 amide bonds. The van der Waals surface area contributed by atoms with Gasteiger partial charge in [-0.05, 0) is 49.6 Å². The summed E-state index contributed by atoms with van der Waals surface area (Å²) >= 11 is 0. The molecular weight excluding hydrogens is 334 g/mol.